The van der Waals surface area contributed by atoms with Gasteiger partial charge in [-0.3, -0.25) is 0 Å². The van der Waals surface area contributed by atoms with Gasteiger partial charge in [-0.25, -0.2) is 9.59 Å². The average molecular weight is 427 g/mol. The molecule has 2 aromatic rings. The van der Waals surface area contributed by atoms with Gasteiger partial charge in [0.25, 0.3) is 0 Å². The normalized spacial score (nSPS) is 18.6. The number of amides is 2. The molecule has 7 nitrogen and oxygen atoms in total. The zero-order chi connectivity index (χ0) is 22.6. The Morgan fingerprint density at radius 2 is 1.74 bits per heavy atom. The molecule has 2 aromatic carbocycles. The first kappa shape index (κ1) is 22.5. The number of carbonyl (C=O) groups is 2. The van der Waals surface area contributed by atoms with E-state index < -0.39 is 11.6 Å². The number of aryl methyl sites for hydroxylation is 1. The van der Waals surface area contributed by atoms with Crippen molar-refractivity contribution in [2.45, 2.75) is 44.8 Å². The van der Waals surface area contributed by atoms with Crippen molar-refractivity contribution in [3.05, 3.63) is 59.7 Å². The summed E-state index contributed by atoms with van der Waals surface area (Å²) in [7, 11) is 1.83. The van der Waals surface area contributed by atoms with E-state index in [1.165, 1.54) is 25.0 Å². The lowest BCUT2D eigenvalue weighted by Gasteiger charge is -2.35. The molecule has 0 aromatic heterocycles. The number of aliphatic carboxylic acids is 1. The van der Waals surface area contributed by atoms with Crippen LogP contribution < -0.4 is 14.8 Å². The van der Waals surface area contributed by atoms with Gasteiger partial charge in [0.2, 0.25) is 0 Å². The molecule has 7 heteroatoms. The minimum absolute atomic E-state index is 0.0744. The molecule has 31 heavy (non-hydrogen) atoms. The van der Waals surface area contributed by atoms with Crippen molar-refractivity contribution in [2.75, 3.05) is 20.2 Å². The van der Waals surface area contributed by atoms with Gasteiger partial charge in [-0.2, -0.15) is 0 Å². The van der Waals surface area contributed by atoms with E-state index in [0.717, 1.165) is 6.42 Å². The minimum Gasteiger partial charge on any atom is -0.494 e. The summed E-state index contributed by atoms with van der Waals surface area (Å²) in [6.45, 7) is 6.06. The largest absolute Gasteiger partial charge is 0.494 e. The molecule has 0 aliphatic carbocycles. The summed E-state index contributed by atoms with van der Waals surface area (Å²) in [5.74, 6) is 0.0855. The van der Waals surface area contributed by atoms with E-state index in [0.29, 0.717) is 31.1 Å². The second-order valence-corrected chi connectivity index (χ2v) is 8.59. The molecule has 1 aliphatic rings. The van der Waals surface area contributed by atoms with Crippen LogP contribution in [0.1, 0.15) is 31.4 Å². The number of hydrogen-bond acceptors (Lipinski definition) is 4. The van der Waals surface area contributed by atoms with E-state index in [1.807, 2.05) is 7.05 Å². The standard InChI is InChI=1S/C24H30N2O5/c1-17-5-7-18(8-6-17)15-24(16-25-22(29)26(24)4)13-14-30-19-9-11-20(12-10-19)31-23(2,3)21(27)28/h5-12H,13-16H2,1-4H3,(H,25,29)(H,27,28). The van der Waals surface area contributed by atoms with Gasteiger partial charge in [0, 0.05) is 20.0 Å². The maximum absolute atomic E-state index is 12.2. The van der Waals surface area contributed by atoms with Crippen LogP contribution in [0, 0.1) is 6.92 Å². The Morgan fingerprint density at radius 3 is 2.29 bits per heavy atom. The van der Waals surface area contributed by atoms with Crippen LogP contribution in [0.3, 0.4) is 0 Å². The molecule has 0 spiro atoms. The van der Waals surface area contributed by atoms with Crippen molar-refractivity contribution >= 4 is 12.0 Å². The molecule has 2 amide bonds. The van der Waals surface area contributed by atoms with Crippen molar-refractivity contribution in [1.29, 1.82) is 0 Å². The lowest BCUT2D eigenvalue weighted by molar-refractivity contribution is -0.152. The van der Waals surface area contributed by atoms with Gasteiger partial charge in [-0.15, -0.1) is 0 Å². The van der Waals surface area contributed by atoms with Gasteiger partial charge < -0.3 is 24.8 Å². The number of likely N-dealkylation sites (N-methyl/N-ethyl adjacent to an activating group) is 1. The van der Waals surface area contributed by atoms with Crippen LogP contribution in [-0.2, 0) is 11.2 Å². The van der Waals surface area contributed by atoms with E-state index in [-0.39, 0.29) is 11.6 Å². The van der Waals surface area contributed by atoms with Gasteiger partial charge in [0.15, 0.2) is 5.60 Å². The fraction of sp³-hybridized carbons (Fsp3) is 0.417. The number of ether oxygens (including phenoxy) is 2. The lowest BCUT2D eigenvalue weighted by atomic mass is 9.87. The molecular formula is C24H30N2O5. The second-order valence-electron chi connectivity index (χ2n) is 8.59. The van der Waals surface area contributed by atoms with Crippen molar-refractivity contribution in [1.82, 2.24) is 10.2 Å². The van der Waals surface area contributed by atoms with Crippen LogP contribution in [0.15, 0.2) is 48.5 Å². The quantitative estimate of drug-likeness (QED) is 0.639. The van der Waals surface area contributed by atoms with E-state index in [4.69, 9.17) is 9.47 Å². The Balaban J connectivity index is 1.62. The van der Waals surface area contributed by atoms with Gasteiger partial charge in [-0.1, -0.05) is 29.8 Å². The van der Waals surface area contributed by atoms with Crippen LogP contribution >= 0.6 is 0 Å². The molecule has 1 aliphatic heterocycles. The molecule has 166 valence electrons. The molecule has 3 rings (SSSR count). The Bertz CT molecular complexity index is 924. The number of benzene rings is 2. The summed E-state index contributed by atoms with van der Waals surface area (Å²) in [4.78, 5) is 25.2. The predicted octanol–water partition coefficient (Wildman–Crippen LogP) is 3.64. The third-order valence-corrected chi connectivity index (χ3v) is 5.79. The number of carboxylic acid groups (broad SMARTS) is 1. The maximum atomic E-state index is 12.2. The number of urea groups is 1. The third-order valence-electron chi connectivity index (χ3n) is 5.79. The minimum atomic E-state index is -1.31. The van der Waals surface area contributed by atoms with E-state index in [9.17, 15) is 14.7 Å². The first-order chi connectivity index (χ1) is 14.6. The van der Waals surface area contributed by atoms with E-state index >= 15 is 0 Å². The fourth-order valence-corrected chi connectivity index (χ4v) is 3.61. The van der Waals surface area contributed by atoms with E-state index in [2.05, 4.69) is 36.5 Å². The van der Waals surface area contributed by atoms with Crippen molar-refractivity contribution in [3.8, 4) is 11.5 Å². The Kier molecular flexibility index (Phi) is 6.43. The number of carbonyl (C=O) groups excluding carboxylic acids is 1. The summed E-state index contributed by atoms with van der Waals surface area (Å²) in [5, 5.41) is 12.1. The monoisotopic (exact) mass is 426 g/mol. The molecule has 0 saturated carbocycles. The summed E-state index contributed by atoms with van der Waals surface area (Å²) in [5.41, 5.74) is 0.712. The Hall–Kier alpha value is -3.22. The SMILES string of the molecule is Cc1ccc(CC2(CCOc3ccc(OC(C)(C)C(=O)O)cc3)CNC(=O)N2C)cc1. The smallest absolute Gasteiger partial charge is 0.347 e. The van der Waals surface area contributed by atoms with Crippen LogP contribution in [-0.4, -0.2) is 53.3 Å². The molecule has 1 unspecified atom stereocenters. The Morgan fingerprint density at radius 1 is 1.13 bits per heavy atom. The fourth-order valence-electron chi connectivity index (χ4n) is 3.61. The molecule has 1 heterocycles. The van der Waals surface area contributed by atoms with Gasteiger partial charge in [-0.05, 0) is 57.0 Å². The highest BCUT2D eigenvalue weighted by Gasteiger charge is 2.43. The van der Waals surface area contributed by atoms with Crippen molar-refractivity contribution < 1.29 is 24.2 Å². The second kappa shape index (κ2) is 8.88. The lowest BCUT2D eigenvalue weighted by Crippen LogP contribution is -2.47. The Labute approximate surface area is 183 Å². The van der Waals surface area contributed by atoms with Crippen LogP contribution in [0.4, 0.5) is 4.79 Å². The maximum Gasteiger partial charge on any atom is 0.347 e. The van der Waals surface area contributed by atoms with Gasteiger partial charge in [0.05, 0.1) is 12.1 Å². The summed E-state index contributed by atoms with van der Waals surface area (Å²) < 4.78 is 11.4. The van der Waals surface area contributed by atoms with Gasteiger partial charge in [0.1, 0.15) is 11.5 Å². The number of carboxylic acids is 1. The first-order valence-corrected chi connectivity index (χ1v) is 10.3. The molecule has 0 bridgehead atoms. The topological polar surface area (TPSA) is 88.1 Å². The number of rotatable bonds is 9. The number of nitrogens with one attached hydrogen (secondary N) is 1. The molecule has 1 atom stereocenters. The highest BCUT2D eigenvalue weighted by atomic mass is 16.5. The van der Waals surface area contributed by atoms with Crippen LogP contribution in [0.2, 0.25) is 0 Å². The zero-order valence-corrected chi connectivity index (χ0v) is 18.5. The van der Waals surface area contributed by atoms with Gasteiger partial charge >= 0.3 is 12.0 Å². The molecule has 1 saturated heterocycles. The zero-order valence-electron chi connectivity index (χ0n) is 18.5. The summed E-state index contributed by atoms with van der Waals surface area (Å²) in [6.07, 6.45) is 1.41. The summed E-state index contributed by atoms with van der Waals surface area (Å²) in [6, 6.07) is 15.2. The molecule has 1 fully saturated rings. The molecule has 0 radical (unpaired) electrons. The number of hydrogen-bond donors (Lipinski definition) is 2. The van der Waals surface area contributed by atoms with Crippen molar-refractivity contribution in [2.24, 2.45) is 0 Å². The first-order valence-electron chi connectivity index (χ1n) is 10.3. The highest BCUT2D eigenvalue weighted by Crippen LogP contribution is 2.29. The van der Waals surface area contributed by atoms with Crippen LogP contribution in [0.5, 0.6) is 11.5 Å². The third kappa shape index (κ3) is 5.29. The van der Waals surface area contributed by atoms with Crippen LogP contribution in [0.25, 0.3) is 0 Å². The van der Waals surface area contributed by atoms with E-state index in [1.54, 1.807) is 29.2 Å². The molecule has 2 N–H and O–H groups in total. The number of nitrogens with zero attached hydrogens (tertiary/aromatic N) is 1. The predicted molar refractivity (Wildman–Crippen MR) is 118 cm³/mol. The molecular weight excluding hydrogens is 396 g/mol. The highest BCUT2D eigenvalue weighted by molar-refractivity contribution is 5.77. The summed E-state index contributed by atoms with van der Waals surface area (Å²) >= 11 is 0. The van der Waals surface area contributed by atoms with Crippen molar-refractivity contribution in [3.63, 3.8) is 0 Å². The average Bonchev–Trinajstić information content (AvgIpc) is 2.99.